The van der Waals surface area contributed by atoms with Crippen LogP contribution >= 0.6 is 11.3 Å². The zero-order valence-corrected chi connectivity index (χ0v) is 15.9. The lowest BCUT2D eigenvalue weighted by atomic mass is 10.1. The maximum atomic E-state index is 12.3. The van der Waals surface area contributed by atoms with Crippen molar-refractivity contribution in [3.63, 3.8) is 0 Å². The highest BCUT2D eigenvalue weighted by molar-refractivity contribution is 7.09. The first kappa shape index (κ1) is 18.7. The molecule has 0 radical (unpaired) electrons. The van der Waals surface area contributed by atoms with Gasteiger partial charge < -0.3 is 19.5 Å². The Morgan fingerprint density at radius 2 is 2.23 bits per heavy atom. The molecular formula is C19H24N2O4S. The molecule has 0 atom stereocenters. The van der Waals surface area contributed by atoms with E-state index in [0.29, 0.717) is 42.8 Å². The van der Waals surface area contributed by atoms with Crippen molar-refractivity contribution in [2.24, 2.45) is 0 Å². The van der Waals surface area contributed by atoms with Crippen molar-refractivity contribution in [3.8, 4) is 11.5 Å². The third-order valence-corrected chi connectivity index (χ3v) is 5.20. The molecule has 140 valence electrons. The van der Waals surface area contributed by atoms with Gasteiger partial charge >= 0.3 is 0 Å². The first-order valence-corrected chi connectivity index (χ1v) is 9.66. The van der Waals surface area contributed by atoms with E-state index in [1.165, 1.54) is 11.3 Å². The number of carbonyl (C=O) groups is 1. The Balaban J connectivity index is 1.79. The zero-order chi connectivity index (χ0) is 18.5. The molecule has 1 aliphatic rings. The number of rotatable bonds is 9. The number of amides is 1. The van der Waals surface area contributed by atoms with Gasteiger partial charge in [-0.25, -0.2) is 4.98 Å². The number of aliphatic hydroxyl groups excluding tert-OH is 1. The molecule has 1 amide bonds. The van der Waals surface area contributed by atoms with Crippen molar-refractivity contribution in [1.29, 1.82) is 0 Å². The molecule has 1 fully saturated rings. The minimum atomic E-state index is -0.0775. The summed E-state index contributed by atoms with van der Waals surface area (Å²) in [5.41, 5.74) is 1.57. The second kappa shape index (κ2) is 8.51. The van der Waals surface area contributed by atoms with E-state index >= 15 is 0 Å². The van der Waals surface area contributed by atoms with Gasteiger partial charge in [-0.1, -0.05) is 19.1 Å². The smallest absolute Gasteiger partial charge is 0.222 e. The molecule has 2 aromatic rings. The second-order valence-electron chi connectivity index (χ2n) is 6.23. The van der Waals surface area contributed by atoms with Crippen LogP contribution in [-0.2, 0) is 24.6 Å². The lowest BCUT2D eigenvalue weighted by molar-refractivity contribution is -0.132. The van der Waals surface area contributed by atoms with Crippen LogP contribution in [0.25, 0.3) is 0 Å². The first-order valence-electron chi connectivity index (χ1n) is 8.78. The summed E-state index contributed by atoms with van der Waals surface area (Å²) < 4.78 is 11.5. The number of methoxy groups -OCH3 is 1. The van der Waals surface area contributed by atoms with Crippen molar-refractivity contribution >= 4 is 17.2 Å². The van der Waals surface area contributed by atoms with Crippen LogP contribution in [0.4, 0.5) is 0 Å². The normalized spacial score (nSPS) is 13.5. The van der Waals surface area contributed by atoms with Crippen molar-refractivity contribution in [3.05, 3.63) is 39.8 Å². The Bertz CT molecular complexity index is 758. The number of aliphatic hydroxyl groups is 1. The number of hydrogen-bond acceptors (Lipinski definition) is 6. The summed E-state index contributed by atoms with van der Waals surface area (Å²) in [4.78, 5) is 18.5. The van der Waals surface area contributed by atoms with Crippen LogP contribution < -0.4 is 9.47 Å². The molecule has 1 saturated carbocycles. The van der Waals surface area contributed by atoms with Crippen molar-refractivity contribution < 1.29 is 19.4 Å². The van der Waals surface area contributed by atoms with Gasteiger partial charge in [0.1, 0.15) is 11.6 Å². The molecule has 1 aromatic heterocycles. The van der Waals surface area contributed by atoms with Gasteiger partial charge in [-0.15, -0.1) is 11.3 Å². The standard InChI is InChI=1S/C19H24N2O4S/c1-3-18(23)21(15-7-8-15)9-13-5-4-6-16(24-2)19(13)25-11-17-20-14(10-22)12-26-17/h4-6,12,15,22H,3,7-11H2,1-2H3. The monoisotopic (exact) mass is 376 g/mol. The Hall–Kier alpha value is -2.12. The van der Waals surface area contributed by atoms with E-state index in [9.17, 15) is 4.79 Å². The predicted octanol–water partition coefficient (Wildman–Crippen LogP) is 3.12. The summed E-state index contributed by atoms with van der Waals surface area (Å²) in [6.07, 6.45) is 2.63. The molecule has 1 aromatic carbocycles. The molecule has 1 aliphatic carbocycles. The first-order chi connectivity index (χ1) is 12.7. The van der Waals surface area contributed by atoms with Crippen LogP contribution in [0.2, 0.25) is 0 Å². The molecule has 6 nitrogen and oxygen atoms in total. The van der Waals surface area contributed by atoms with Crippen molar-refractivity contribution in [1.82, 2.24) is 9.88 Å². The molecule has 0 saturated heterocycles. The number of para-hydroxylation sites is 1. The molecule has 7 heteroatoms. The van der Waals surface area contributed by atoms with E-state index in [1.54, 1.807) is 7.11 Å². The molecule has 1 heterocycles. The molecule has 3 rings (SSSR count). The third-order valence-electron chi connectivity index (χ3n) is 4.33. The van der Waals surface area contributed by atoms with Gasteiger partial charge in [0.2, 0.25) is 5.91 Å². The van der Waals surface area contributed by atoms with E-state index < -0.39 is 0 Å². The number of hydrogen-bond donors (Lipinski definition) is 1. The number of nitrogens with zero attached hydrogens (tertiary/aromatic N) is 2. The summed E-state index contributed by atoms with van der Waals surface area (Å²) in [5.74, 6) is 1.44. The predicted molar refractivity (Wildman–Crippen MR) is 99.2 cm³/mol. The third kappa shape index (κ3) is 4.34. The fourth-order valence-electron chi connectivity index (χ4n) is 2.83. The summed E-state index contributed by atoms with van der Waals surface area (Å²) in [5, 5.41) is 11.7. The minimum absolute atomic E-state index is 0.0775. The maximum Gasteiger partial charge on any atom is 0.222 e. The Morgan fingerprint density at radius 1 is 1.42 bits per heavy atom. The van der Waals surface area contributed by atoms with Crippen LogP contribution in [0.5, 0.6) is 11.5 Å². The topological polar surface area (TPSA) is 71.9 Å². The lowest BCUT2D eigenvalue weighted by Crippen LogP contribution is -2.32. The number of aromatic nitrogens is 1. The summed E-state index contributed by atoms with van der Waals surface area (Å²) in [6.45, 7) is 2.63. The molecule has 0 spiro atoms. The number of carbonyl (C=O) groups excluding carboxylic acids is 1. The Morgan fingerprint density at radius 3 is 2.85 bits per heavy atom. The van der Waals surface area contributed by atoms with Gasteiger partial charge in [-0.3, -0.25) is 4.79 Å². The summed E-state index contributed by atoms with van der Waals surface area (Å²) in [7, 11) is 1.61. The SMILES string of the molecule is CCC(=O)N(Cc1cccc(OC)c1OCc1nc(CO)cs1)C1CC1. The van der Waals surface area contributed by atoms with Crippen LogP contribution in [0.1, 0.15) is 42.5 Å². The van der Waals surface area contributed by atoms with Gasteiger partial charge in [0.25, 0.3) is 0 Å². The average molecular weight is 376 g/mol. The number of thiazole rings is 1. The largest absolute Gasteiger partial charge is 0.493 e. The minimum Gasteiger partial charge on any atom is -0.493 e. The molecule has 0 aliphatic heterocycles. The highest BCUT2D eigenvalue weighted by Gasteiger charge is 2.32. The number of ether oxygens (including phenoxy) is 2. The molecule has 1 N–H and O–H groups in total. The van der Waals surface area contributed by atoms with Crippen molar-refractivity contribution in [2.75, 3.05) is 7.11 Å². The van der Waals surface area contributed by atoms with Gasteiger partial charge in [-0.05, 0) is 18.9 Å². The molecule has 0 bridgehead atoms. The molecule has 0 unspecified atom stereocenters. The molecular weight excluding hydrogens is 352 g/mol. The fourth-order valence-corrected chi connectivity index (χ4v) is 3.52. The summed E-state index contributed by atoms with van der Waals surface area (Å²) >= 11 is 1.45. The average Bonchev–Trinajstić information content (AvgIpc) is 3.41. The Labute approximate surface area is 157 Å². The van der Waals surface area contributed by atoms with Crippen LogP contribution in [0.3, 0.4) is 0 Å². The van der Waals surface area contributed by atoms with Crippen LogP contribution in [0.15, 0.2) is 23.6 Å². The maximum absolute atomic E-state index is 12.3. The van der Waals surface area contributed by atoms with E-state index in [-0.39, 0.29) is 12.5 Å². The highest BCUT2D eigenvalue weighted by Crippen LogP contribution is 2.36. The quantitative estimate of drug-likeness (QED) is 0.728. The number of benzene rings is 1. The van der Waals surface area contributed by atoms with Gasteiger partial charge in [-0.2, -0.15) is 0 Å². The van der Waals surface area contributed by atoms with Crippen molar-refractivity contribution in [2.45, 2.75) is 52.0 Å². The second-order valence-corrected chi connectivity index (χ2v) is 7.18. The molecule has 26 heavy (non-hydrogen) atoms. The van der Waals surface area contributed by atoms with Crippen LogP contribution in [0, 0.1) is 0 Å². The van der Waals surface area contributed by atoms with E-state index in [1.807, 2.05) is 35.4 Å². The summed E-state index contributed by atoms with van der Waals surface area (Å²) in [6, 6.07) is 6.07. The van der Waals surface area contributed by atoms with E-state index in [0.717, 1.165) is 23.4 Å². The lowest BCUT2D eigenvalue weighted by Gasteiger charge is -2.24. The van der Waals surface area contributed by atoms with Gasteiger partial charge in [0, 0.05) is 30.0 Å². The van der Waals surface area contributed by atoms with E-state index in [4.69, 9.17) is 14.6 Å². The van der Waals surface area contributed by atoms with Crippen LogP contribution in [-0.4, -0.2) is 34.0 Å². The Kier molecular flexibility index (Phi) is 6.11. The zero-order valence-electron chi connectivity index (χ0n) is 15.1. The highest BCUT2D eigenvalue weighted by atomic mass is 32.1. The van der Waals surface area contributed by atoms with E-state index in [2.05, 4.69) is 4.98 Å². The van der Waals surface area contributed by atoms with Gasteiger partial charge in [0.05, 0.1) is 19.4 Å². The fraction of sp³-hybridized carbons (Fsp3) is 0.474. The van der Waals surface area contributed by atoms with Gasteiger partial charge in [0.15, 0.2) is 11.5 Å².